The number of hydrogen-bond donors (Lipinski definition) is 2. The van der Waals surface area contributed by atoms with Gasteiger partial charge in [-0.3, -0.25) is 4.79 Å². The van der Waals surface area contributed by atoms with Gasteiger partial charge in [-0.05, 0) is 37.1 Å². The number of carbonyl (C=O) groups excluding carboxylic acids is 1. The maximum Gasteiger partial charge on any atom is 0.417 e. The van der Waals surface area contributed by atoms with Crippen LogP contribution in [0.25, 0.3) is 10.2 Å². The first-order valence-electron chi connectivity index (χ1n) is 7.96. The quantitative estimate of drug-likeness (QED) is 0.645. The number of amides is 1. The maximum atomic E-state index is 13.3. The van der Waals surface area contributed by atoms with Crippen molar-refractivity contribution < 1.29 is 22.4 Å². The van der Waals surface area contributed by atoms with E-state index in [0.717, 1.165) is 17.4 Å². The Morgan fingerprint density at radius 3 is 2.70 bits per heavy atom. The van der Waals surface area contributed by atoms with E-state index < -0.39 is 17.6 Å². The average molecular weight is 397 g/mol. The van der Waals surface area contributed by atoms with Gasteiger partial charge in [0.25, 0.3) is 5.91 Å². The number of nitrogens with two attached hydrogens (primary N) is 1. The van der Waals surface area contributed by atoms with Gasteiger partial charge in [-0.25, -0.2) is 9.37 Å². The first-order valence-corrected chi connectivity index (χ1v) is 8.78. The van der Waals surface area contributed by atoms with Gasteiger partial charge < -0.3 is 11.1 Å². The van der Waals surface area contributed by atoms with E-state index >= 15 is 0 Å². The van der Waals surface area contributed by atoms with Crippen LogP contribution in [0, 0.1) is 12.7 Å². The third-order valence-electron chi connectivity index (χ3n) is 3.93. The first-order chi connectivity index (χ1) is 12.7. The van der Waals surface area contributed by atoms with Crippen LogP contribution in [-0.4, -0.2) is 17.4 Å². The smallest absolute Gasteiger partial charge is 0.397 e. The highest BCUT2D eigenvalue weighted by Crippen LogP contribution is 2.42. The molecule has 0 unspecified atom stereocenters. The zero-order valence-corrected chi connectivity index (χ0v) is 15.0. The molecule has 142 valence electrons. The monoisotopic (exact) mass is 397 g/mol. The van der Waals surface area contributed by atoms with Crippen LogP contribution in [0.1, 0.15) is 26.5 Å². The van der Waals surface area contributed by atoms with Crippen LogP contribution in [0.15, 0.2) is 30.3 Å². The molecule has 0 aliphatic carbocycles. The third kappa shape index (κ3) is 4.02. The van der Waals surface area contributed by atoms with E-state index in [9.17, 15) is 22.4 Å². The lowest BCUT2D eigenvalue weighted by molar-refractivity contribution is -0.136. The number of benzene rings is 1. The molecule has 1 aromatic carbocycles. The minimum Gasteiger partial charge on any atom is -0.397 e. The molecule has 3 aromatic rings. The zero-order chi connectivity index (χ0) is 19.8. The van der Waals surface area contributed by atoms with Crippen molar-refractivity contribution in [1.82, 2.24) is 10.3 Å². The van der Waals surface area contributed by atoms with Gasteiger partial charge in [-0.1, -0.05) is 12.1 Å². The number of nitrogen functional groups attached to an aromatic ring is 1. The molecule has 27 heavy (non-hydrogen) atoms. The van der Waals surface area contributed by atoms with Crippen molar-refractivity contribution in [2.45, 2.75) is 19.5 Å². The minimum atomic E-state index is -4.60. The molecule has 0 spiro atoms. The molecule has 0 atom stereocenters. The van der Waals surface area contributed by atoms with E-state index in [2.05, 4.69) is 10.3 Å². The van der Waals surface area contributed by atoms with Crippen molar-refractivity contribution in [3.8, 4) is 0 Å². The van der Waals surface area contributed by atoms with Crippen molar-refractivity contribution in [2.24, 2.45) is 0 Å². The van der Waals surface area contributed by atoms with Gasteiger partial charge in [0.15, 0.2) is 0 Å². The fourth-order valence-electron chi connectivity index (χ4n) is 2.73. The highest BCUT2D eigenvalue weighted by Gasteiger charge is 2.35. The van der Waals surface area contributed by atoms with Crippen LogP contribution < -0.4 is 11.1 Å². The molecule has 1 amide bonds. The molecule has 0 radical (unpaired) electrons. The molecular weight excluding hydrogens is 382 g/mol. The molecule has 3 rings (SSSR count). The number of hydrogen-bond acceptors (Lipinski definition) is 4. The summed E-state index contributed by atoms with van der Waals surface area (Å²) in [7, 11) is 0. The number of aryl methyl sites for hydroxylation is 1. The molecule has 0 fully saturated rings. The predicted molar refractivity (Wildman–Crippen MR) is 96.2 cm³/mol. The summed E-state index contributed by atoms with van der Waals surface area (Å²) >= 11 is 0.817. The zero-order valence-electron chi connectivity index (χ0n) is 14.2. The number of anilines is 1. The lowest BCUT2D eigenvalue weighted by atomic mass is 10.1. The van der Waals surface area contributed by atoms with E-state index in [0.29, 0.717) is 12.0 Å². The van der Waals surface area contributed by atoms with E-state index in [1.54, 1.807) is 12.1 Å². The number of carbonyl (C=O) groups is 1. The largest absolute Gasteiger partial charge is 0.417 e. The number of fused-ring (bicyclic) bond motifs is 1. The number of aromatic nitrogens is 1. The van der Waals surface area contributed by atoms with Crippen molar-refractivity contribution >= 4 is 33.1 Å². The Morgan fingerprint density at radius 2 is 2.04 bits per heavy atom. The minimum absolute atomic E-state index is 0.0205. The summed E-state index contributed by atoms with van der Waals surface area (Å²) in [6.07, 6.45) is -4.23. The molecule has 0 aliphatic rings. The Kier molecular flexibility index (Phi) is 5.05. The number of pyridine rings is 1. The average Bonchev–Trinajstić information content (AvgIpc) is 2.90. The summed E-state index contributed by atoms with van der Waals surface area (Å²) in [5.41, 5.74) is 5.59. The summed E-state index contributed by atoms with van der Waals surface area (Å²) in [6.45, 7) is 1.64. The number of halogens is 4. The van der Waals surface area contributed by atoms with Gasteiger partial charge in [0, 0.05) is 17.6 Å². The summed E-state index contributed by atoms with van der Waals surface area (Å²) in [5, 5.41) is 2.35. The van der Waals surface area contributed by atoms with Crippen molar-refractivity contribution in [2.75, 3.05) is 12.3 Å². The van der Waals surface area contributed by atoms with Crippen molar-refractivity contribution in [3.05, 3.63) is 57.8 Å². The summed E-state index contributed by atoms with van der Waals surface area (Å²) in [4.78, 5) is 16.5. The molecule has 0 bridgehead atoms. The second kappa shape index (κ2) is 7.15. The molecule has 2 heterocycles. The Bertz CT molecular complexity index is 1010. The Labute approximate surface area is 156 Å². The Hall–Kier alpha value is -2.68. The molecular formula is C18H15F4N3OS. The Balaban J connectivity index is 1.84. The van der Waals surface area contributed by atoms with Gasteiger partial charge in [0.05, 0.1) is 11.3 Å². The second-order valence-corrected chi connectivity index (χ2v) is 6.97. The fraction of sp³-hybridized carbons (Fsp3) is 0.222. The lowest BCUT2D eigenvalue weighted by Gasteiger charge is -2.09. The molecule has 2 aromatic heterocycles. The molecule has 0 saturated heterocycles. The van der Waals surface area contributed by atoms with Gasteiger partial charge in [-0.2, -0.15) is 13.2 Å². The van der Waals surface area contributed by atoms with Crippen LogP contribution in [-0.2, 0) is 12.6 Å². The Morgan fingerprint density at radius 1 is 1.30 bits per heavy atom. The van der Waals surface area contributed by atoms with Gasteiger partial charge in [0.2, 0.25) is 0 Å². The summed E-state index contributed by atoms with van der Waals surface area (Å²) < 4.78 is 53.1. The molecule has 4 nitrogen and oxygen atoms in total. The predicted octanol–water partition coefficient (Wildman–Crippen LogP) is 4.32. The fourth-order valence-corrected chi connectivity index (χ4v) is 3.81. The number of thiophene rings is 1. The van der Waals surface area contributed by atoms with Crippen LogP contribution in [0.4, 0.5) is 23.2 Å². The normalized spacial score (nSPS) is 11.7. The number of rotatable bonds is 4. The third-order valence-corrected chi connectivity index (χ3v) is 5.03. The second-order valence-electron chi connectivity index (χ2n) is 5.97. The standard InChI is InChI=1S/C18H15F4N3OS/c1-9-7-12(18(20,21)22)13-14(23)15(27-17(13)25-9)16(26)24-6-5-10-3-2-4-11(19)8-10/h2-4,7-8H,5-6,23H2,1H3,(H,24,26). The maximum absolute atomic E-state index is 13.3. The first kappa shape index (κ1) is 19.1. The number of alkyl halides is 3. The van der Waals surface area contributed by atoms with Gasteiger partial charge in [-0.15, -0.1) is 11.3 Å². The van der Waals surface area contributed by atoms with Crippen molar-refractivity contribution in [3.63, 3.8) is 0 Å². The molecule has 9 heteroatoms. The van der Waals surface area contributed by atoms with E-state index in [4.69, 9.17) is 5.73 Å². The topological polar surface area (TPSA) is 68.0 Å². The van der Waals surface area contributed by atoms with Crippen LogP contribution in [0.2, 0.25) is 0 Å². The molecule has 0 aliphatic heterocycles. The van der Waals surface area contributed by atoms with Crippen LogP contribution in [0.5, 0.6) is 0 Å². The van der Waals surface area contributed by atoms with Crippen LogP contribution >= 0.6 is 11.3 Å². The highest BCUT2D eigenvalue weighted by atomic mass is 32.1. The molecule has 0 saturated carbocycles. The van der Waals surface area contributed by atoms with E-state index in [-0.39, 0.29) is 38.8 Å². The summed E-state index contributed by atoms with van der Waals surface area (Å²) in [5.74, 6) is -0.966. The van der Waals surface area contributed by atoms with Crippen molar-refractivity contribution in [1.29, 1.82) is 0 Å². The van der Waals surface area contributed by atoms with Gasteiger partial charge in [0.1, 0.15) is 15.5 Å². The van der Waals surface area contributed by atoms with E-state index in [1.807, 2.05) is 0 Å². The van der Waals surface area contributed by atoms with Gasteiger partial charge >= 0.3 is 6.18 Å². The van der Waals surface area contributed by atoms with E-state index in [1.165, 1.54) is 19.1 Å². The number of nitrogens with zero attached hydrogens (tertiary/aromatic N) is 1. The lowest BCUT2D eigenvalue weighted by Crippen LogP contribution is -2.25. The SMILES string of the molecule is Cc1cc(C(F)(F)F)c2c(N)c(C(=O)NCCc3cccc(F)c3)sc2n1. The molecule has 3 N–H and O–H groups in total. The number of nitrogens with one attached hydrogen (secondary N) is 1. The highest BCUT2D eigenvalue weighted by molar-refractivity contribution is 7.21. The summed E-state index contributed by atoms with van der Waals surface area (Å²) in [6, 6.07) is 6.85. The van der Waals surface area contributed by atoms with Crippen LogP contribution in [0.3, 0.4) is 0 Å².